The Morgan fingerprint density at radius 3 is 2.37 bits per heavy atom. The lowest BCUT2D eigenvalue weighted by Crippen LogP contribution is -2.30. The van der Waals surface area contributed by atoms with Gasteiger partial charge in [0.05, 0.1) is 0 Å². The maximum absolute atomic E-state index is 2.28. The lowest BCUT2D eigenvalue weighted by Gasteiger charge is -2.07. The molecule has 0 bridgehead atoms. The van der Waals surface area contributed by atoms with E-state index in [1.807, 2.05) is 0 Å². The smallest absolute Gasteiger partial charge is 0.200 e. The minimum Gasteiger partial charge on any atom is -0.200 e. The van der Waals surface area contributed by atoms with Crippen molar-refractivity contribution >= 4 is 10.8 Å². The van der Waals surface area contributed by atoms with Gasteiger partial charge in [-0.2, -0.15) is 0 Å². The number of fused-ring (bicyclic) bond motifs is 1. The van der Waals surface area contributed by atoms with Crippen molar-refractivity contribution in [2.75, 3.05) is 0 Å². The molecule has 0 saturated carbocycles. The summed E-state index contributed by atoms with van der Waals surface area (Å²) in [4.78, 5) is 0. The van der Waals surface area contributed by atoms with Crippen LogP contribution in [0.2, 0.25) is 0 Å². The molecule has 3 rings (SSSR count). The van der Waals surface area contributed by atoms with Gasteiger partial charge in [-0.05, 0) is 29.5 Å². The Balaban J connectivity index is 2.27. The van der Waals surface area contributed by atoms with E-state index < -0.39 is 0 Å². The fraction of sp³-hybridized carbons (Fsp3) is 0.167. The van der Waals surface area contributed by atoms with Gasteiger partial charge in [-0.1, -0.05) is 43.3 Å². The maximum atomic E-state index is 2.28. The summed E-state index contributed by atoms with van der Waals surface area (Å²) in [6, 6.07) is 19.4. The van der Waals surface area contributed by atoms with Gasteiger partial charge in [-0.15, -0.1) is 0 Å². The molecule has 0 aliphatic heterocycles. The van der Waals surface area contributed by atoms with Crippen LogP contribution >= 0.6 is 0 Å². The van der Waals surface area contributed by atoms with Crippen molar-refractivity contribution in [3.63, 3.8) is 0 Å². The zero-order chi connectivity index (χ0) is 13.2. The average molecular weight is 248 g/mol. The summed E-state index contributed by atoms with van der Waals surface area (Å²) in [5, 5.41) is 2.57. The molecular weight excluding hydrogens is 230 g/mol. The van der Waals surface area contributed by atoms with Crippen LogP contribution in [0.4, 0.5) is 0 Å². The first kappa shape index (κ1) is 11.9. The summed E-state index contributed by atoms with van der Waals surface area (Å²) >= 11 is 0. The van der Waals surface area contributed by atoms with Crippen molar-refractivity contribution in [1.82, 2.24) is 0 Å². The summed E-state index contributed by atoms with van der Waals surface area (Å²) in [6.45, 7) is 2.21. The number of hydrogen-bond donors (Lipinski definition) is 0. The van der Waals surface area contributed by atoms with Crippen LogP contribution in [0.15, 0.2) is 60.8 Å². The maximum Gasteiger partial charge on any atom is 0.213 e. The molecular formula is C18H18N+. The zero-order valence-corrected chi connectivity index (χ0v) is 11.4. The lowest BCUT2D eigenvalue weighted by molar-refractivity contribution is -0.659. The number of benzene rings is 2. The Morgan fingerprint density at radius 1 is 0.895 bits per heavy atom. The molecule has 0 aliphatic carbocycles. The molecule has 0 fully saturated rings. The third kappa shape index (κ3) is 2.12. The SMILES string of the molecule is CCc1ccccc1-c1cc2ccccc2c[n+]1C. The molecule has 0 N–H and O–H groups in total. The minimum absolute atomic E-state index is 1.06. The van der Waals surface area contributed by atoms with E-state index in [0.29, 0.717) is 0 Å². The molecule has 0 atom stereocenters. The van der Waals surface area contributed by atoms with Crippen molar-refractivity contribution in [2.24, 2.45) is 7.05 Å². The highest BCUT2D eigenvalue weighted by Gasteiger charge is 2.13. The molecule has 1 heterocycles. The van der Waals surface area contributed by atoms with E-state index >= 15 is 0 Å². The van der Waals surface area contributed by atoms with Gasteiger partial charge in [0.2, 0.25) is 5.69 Å². The second-order valence-corrected chi connectivity index (χ2v) is 4.91. The molecule has 3 aromatic rings. The normalized spacial score (nSPS) is 10.8. The lowest BCUT2D eigenvalue weighted by atomic mass is 10.0. The molecule has 0 spiro atoms. The molecule has 2 aromatic carbocycles. The predicted molar refractivity (Wildman–Crippen MR) is 79.9 cm³/mol. The highest BCUT2D eigenvalue weighted by atomic mass is 14.9. The van der Waals surface area contributed by atoms with Crippen LogP contribution in [0.1, 0.15) is 12.5 Å². The first-order valence-electron chi connectivity index (χ1n) is 6.76. The van der Waals surface area contributed by atoms with Crippen LogP contribution in [-0.2, 0) is 13.5 Å². The summed E-state index contributed by atoms with van der Waals surface area (Å²) in [5.41, 5.74) is 4.00. The van der Waals surface area contributed by atoms with E-state index in [-0.39, 0.29) is 0 Å². The number of hydrogen-bond acceptors (Lipinski definition) is 0. The highest BCUT2D eigenvalue weighted by molar-refractivity contribution is 5.84. The van der Waals surface area contributed by atoms with Gasteiger partial charge in [-0.3, -0.25) is 0 Å². The van der Waals surface area contributed by atoms with Crippen LogP contribution in [0.25, 0.3) is 22.0 Å². The van der Waals surface area contributed by atoms with Gasteiger partial charge in [0.25, 0.3) is 0 Å². The van der Waals surface area contributed by atoms with Crippen LogP contribution in [-0.4, -0.2) is 0 Å². The fourth-order valence-electron chi connectivity index (χ4n) is 2.63. The summed E-state index contributed by atoms with van der Waals surface area (Å²) in [7, 11) is 2.12. The van der Waals surface area contributed by atoms with Crippen molar-refractivity contribution in [2.45, 2.75) is 13.3 Å². The first-order chi connectivity index (χ1) is 9.29. The predicted octanol–water partition coefficient (Wildman–Crippen LogP) is 3.89. The van der Waals surface area contributed by atoms with Gasteiger partial charge < -0.3 is 0 Å². The Bertz CT molecular complexity index is 729. The van der Waals surface area contributed by atoms with Gasteiger partial charge in [0.15, 0.2) is 6.20 Å². The second-order valence-electron chi connectivity index (χ2n) is 4.91. The summed E-state index contributed by atoms with van der Waals surface area (Å²) < 4.78 is 2.22. The molecule has 0 radical (unpaired) electrons. The molecule has 19 heavy (non-hydrogen) atoms. The molecule has 1 nitrogen and oxygen atoms in total. The third-order valence-corrected chi connectivity index (χ3v) is 3.68. The Labute approximate surface area is 114 Å². The van der Waals surface area contributed by atoms with Crippen LogP contribution in [0.5, 0.6) is 0 Å². The number of pyridine rings is 1. The first-order valence-corrected chi connectivity index (χ1v) is 6.76. The van der Waals surface area contributed by atoms with E-state index in [2.05, 4.69) is 79.3 Å². The summed E-state index contributed by atoms with van der Waals surface area (Å²) in [6.07, 6.45) is 3.26. The van der Waals surface area contributed by atoms with Crippen LogP contribution in [0, 0.1) is 0 Å². The monoisotopic (exact) mass is 248 g/mol. The van der Waals surface area contributed by atoms with E-state index in [1.165, 1.54) is 27.6 Å². The number of aromatic nitrogens is 1. The molecule has 0 aliphatic rings. The van der Waals surface area contributed by atoms with Crippen LogP contribution in [0.3, 0.4) is 0 Å². The number of aryl methyl sites for hydroxylation is 2. The molecule has 1 aromatic heterocycles. The Morgan fingerprint density at radius 2 is 1.58 bits per heavy atom. The van der Waals surface area contributed by atoms with E-state index in [0.717, 1.165) is 6.42 Å². The van der Waals surface area contributed by atoms with Crippen molar-refractivity contribution in [3.05, 3.63) is 66.4 Å². The largest absolute Gasteiger partial charge is 0.213 e. The minimum atomic E-state index is 1.06. The molecule has 0 amide bonds. The van der Waals surface area contributed by atoms with Gasteiger partial charge in [0.1, 0.15) is 7.05 Å². The average Bonchev–Trinajstić information content (AvgIpc) is 2.46. The second kappa shape index (κ2) is 4.85. The van der Waals surface area contributed by atoms with E-state index in [4.69, 9.17) is 0 Å². The fourth-order valence-corrected chi connectivity index (χ4v) is 2.63. The number of rotatable bonds is 2. The van der Waals surface area contributed by atoms with Gasteiger partial charge >= 0.3 is 0 Å². The molecule has 1 heteroatoms. The topological polar surface area (TPSA) is 3.88 Å². The van der Waals surface area contributed by atoms with Crippen LogP contribution < -0.4 is 4.57 Å². The molecule has 0 unspecified atom stereocenters. The van der Waals surface area contributed by atoms with Crippen molar-refractivity contribution in [1.29, 1.82) is 0 Å². The van der Waals surface area contributed by atoms with Gasteiger partial charge in [0, 0.05) is 17.0 Å². The third-order valence-electron chi connectivity index (χ3n) is 3.68. The zero-order valence-electron chi connectivity index (χ0n) is 11.4. The number of nitrogens with zero attached hydrogens (tertiary/aromatic N) is 1. The van der Waals surface area contributed by atoms with E-state index in [1.54, 1.807) is 0 Å². The highest BCUT2D eigenvalue weighted by Crippen LogP contribution is 2.24. The van der Waals surface area contributed by atoms with Crippen molar-refractivity contribution < 1.29 is 4.57 Å². The van der Waals surface area contributed by atoms with E-state index in [9.17, 15) is 0 Å². The summed E-state index contributed by atoms with van der Waals surface area (Å²) in [5.74, 6) is 0. The molecule has 0 saturated heterocycles. The molecule has 94 valence electrons. The standard InChI is InChI=1S/C18H18N/c1-3-14-8-6-7-11-17(14)18-12-15-9-4-5-10-16(15)13-19(18)2/h4-13H,3H2,1-2H3/q+1. The van der Waals surface area contributed by atoms with Crippen molar-refractivity contribution in [3.8, 4) is 11.3 Å². The Hall–Kier alpha value is -2.15. The Kier molecular flexibility index (Phi) is 3.04. The quantitative estimate of drug-likeness (QED) is 0.606. The van der Waals surface area contributed by atoms with Gasteiger partial charge in [-0.25, -0.2) is 4.57 Å².